The van der Waals surface area contributed by atoms with Gasteiger partial charge in [-0.2, -0.15) is 0 Å². The number of benzene rings is 1. The standard InChI is InChI=1S/C29H39N5O2/c1-29(2,3)34(28(35)36)17-9-10-21(20-34)18-33-24-14-6-5-13-23(24)31-26(33)19-32(4)25-15-7-11-22-12-8-16-30-27(22)25/h5-6,8,12-14,16,21,25H,7,9-11,15,17-20H2,1-4H3/t21-,25-,34?/m1/s1. The van der Waals surface area contributed by atoms with Gasteiger partial charge in [0.05, 0.1) is 47.9 Å². The van der Waals surface area contributed by atoms with Crippen LogP contribution in [0.1, 0.15) is 69.6 Å². The van der Waals surface area contributed by atoms with Crippen molar-refractivity contribution < 1.29 is 14.4 Å². The van der Waals surface area contributed by atoms with E-state index < -0.39 is 11.6 Å². The predicted octanol–water partition coefficient (Wildman–Crippen LogP) is 4.31. The third-order valence-electron chi connectivity index (χ3n) is 8.62. The highest BCUT2D eigenvalue weighted by Crippen LogP contribution is 2.35. The summed E-state index contributed by atoms with van der Waals surface area (Å²) in [6.45, 7) is 8.79. The average molecular weight is 490 g/mol. The van der Waals surface area contributed by atoms with Gasteiger partial charge in [-0.3, -0.25) is 14.4 Å². The Balaban J connectivity index is 1.44. The zero-order valence-electron chi connectivity index (χ0n) is 22.1. The molecule has 1 unspecified atom stereocenters. The Labute approximate surface area is 214 Å². The fourth-order valence-electron chi connectivity index (χ4n) is 6.53. The van der Waals surface area contributed by atoms with Gasteiger partial charge in [0.15, 0.2) is 0 Å². The number of aryl methyl sites for hydroxylation is 1. The second kappa shape index (κ2) is 9.60. The van der Waals surface area contributed by atoms with Gasteiger partial charge in [0.25, 0.3) is 6.09 Å². The van der Waals surface area contributed by atoms with Crippen LogP contribution in [0, 0.1) is 5.92 Å². The molecule has 2 aromatic heterocycles. The number of imidazole rings is 1. The molecule has 1 aliphatic carbocycles. The summed E-state index contributed by atoms with van der Waals surface area (Å²) in [7, 11) is 2.18. The van der Waals surface area contributed by atoms with E-state index in [2.05, 4.69) is 40.8 Å². The molecule has 2 aliphatic rings. The Morgan fingerprint density at radius 2 is 1.97 bits per heavy atom. The van der Waals surface area contributed by atoms with Gasteiger partial charge in [-0.15, -0.1) is 0 Å². The SMILES string of the molecule is CN(Cc1nc2ccccc2n1C[C@H]1CCC[N+](C(=O)[O-])(C(C)(C)C)C1)[C@@H]1CCCc2cccnc21. The maximum absolute atomic E-state index is 12.4. The highest BCUT2D eigenvalue weighted by Gasteiger charge is 2.46. The summed E-state index contributed by atoms with van der Waals surface area (Å²) in [6.07, 6.45) is 6.22. The quantitative estimate of drug-likeness (QED) is 0.500. The number of fused-ring (bicyclic) bond motifs is 2. The van der Waals surface area contributed by atoms with E-state index in [1.165, 1.54) is 17.7 Å². The van der Waals surface area contributed by atoms with Crippen LogP contribution in [-0.2, 0) is 19.5 Å². The lowest BCUT2D eigenvalue weighted by atomic mass is 9.89. The number of para-hydroxylation sites is 2. The molecule has 36 heavy (non-hydrogen) atoms. The van der Waals surface area contributed by atoms with Crippen molar-refractivity contribution in [2.75, 3.05) is 20.1 Å². The molecule has 192 valence electrons. The topological polar surface area (TPSA) is 74.1 Å². The molecule has 0 saturated carbocycles. The first-order chi connectivity index (χ1) is 17.2. The normalized spacial score (nSPS) is 24.7. The van der Waals surface area contributed by atoms with Crippen LogP contribution in [0.15, 0.2) is 42.6 Å². The van der Waals surface area contributed by atoms with Gasteiger partial charge in [0.1, 0.15) is 5.82 Å². The number of carboxylic acid groups (broad SMARTS) is 1. The number of likely N-dealkylation sites (tertiary alicyclic amines) is 1. The van der Waals surface area contributed by atoms with E-state index >= 15 is 0 Å². The third-order valence-corrected chi connectivity index (χ3v) is 8.62. The van der Waals surface area contributed by atoms with Crippen LogP contribution >= 0.6 is 0 Å². The largest absolute Gasteiger partial charge is 0.498 e. The molecule has 3 atom stereocenters. The minimum atomic E-state index is -0.953. The first kappa shape index (κ1) is 24.9. The van der Waals surface area contributed by atoms with E-state index in [0.29, 0.717) is 13.1 Å². The van der Waals surface area contributed by atoms with Gasteiger partial charge in [-0.25, -0.2) is 4.98 Å². The van der Waals surface area contributed by atoms with Crippen LogP contribution in [0.4, 0.5) is 4.79 Å². The number of aromatic nitrogens is 3. The Hall–Kier alpha value is -2.77. The number of quaternary nitrogens is 1. The predicted molar refractivity (Wildman–Crippen MR) is 139 cm³/mol. The molecule has 0 N–H and O–H groups in total. The minimum absolute atomic E-state index is 0.0179. The third kappa shape index (κ3) is 4.43. The highest BCUT2D eigenvalue weighted by atomic mass is 16.4. The molecule has 5 rings (SSSR count). The van der Waals surface area contributed by atoms with Crippen molar-refractivity contribution in [2.24, 2.45) is 5.92 Å². The summed E-state index contributed by atoms with van der Waals surface area (Å²) in [5, 5.41) is 12.4. The summed E-state index contributed by atoms with van der Waals surface area (Å²) in [6, 6.07) is 12.8. The van der Waals surface area contributed by atoms with Crippen molar-refractivity contribution in [1.29, 1.82) is 0 Å². The first-order valence-corrected chi connectivity index (χ1v) is 13.4. The molecule has 3 aromatic rings. The summed E-state index contributed by atoms with van der Waals surface area (Å²) < 4.78 is 2.36. The van der Waals surface area contributed by atoms with Crippen molar-refractivity contribution in [3.05, 3.63) is 59.7 Å². The number of hydrogen-bond acceptors (Lipinski definition) is 5. The van der Waals surface area contributed by atoms with Crippen molar-refractivity contribution in [2.45, 2.75) is 77.5 Å². The molecule has 1 aromatic carbocycles. The summed E-state index contributed by atoms with van der Waals surface area (Å²) >= 11 is 0. The van der Waals surface area contributed by atoms with E-state index in [1.807, 2.05) is 39.1 Å². The lowest BCUT2D eigenvalue weighted by Crippen LogP contribution is -2.70. The van der Waals surface area contributed by atoms with Crippen LogP contribution in [0.5, 0.6) is 0 Å². The summed E-state index contributed by atoms with van der Waals surface area (Å²) in [5.74, 6) is 1.28. The van der Waals surface area contributed by atoms with E-state index in [4.69, 9.17) is 9.97 Å². The fourth-order valence-corrected chi connectivity index (χ4v) is 6.53. The van der Waals surface area contributed by atoms with E-state index in [9.17, 15) is 9.90 Å². The Kier molecular flexibility index (Phi) is 6.64. The molecule has 7 nitrogen and oxygen atoms in total. The number of rotatable bonds is 5. The number of pyridine rings is 1. The van der Waals surface area contributed by atoms with Crippen molar-refractivity contribution >= 4 is 17.1 Å². The van der Waals surface area contributed by atoms with E-state index in [1.54, 1.807) is 0 Å². The van der Waals surface area contributed by atoms with Crippen LogP contribution < -0.4 is 5.11 Å². The van der Waals surface area contributed by atoms with Crippen molar-refractivity contribution in [3.8, 4) is 0 Å². The zero-order valence-corrected chi connectivity index (χ0v) is 22.1. The molecule has 3 heterocycles. The number of carbonyl (C=O) groups excluding carboxylic acids is 1. The minimum Gasteiger partial charge on any atom is -0.498 e. The molecule has 0 spiro atoms. The zero-order chi connectivity index (χ0) is 25.5. The molecular weight excluding hydrogens is 450 g/mol. The van der Waals surface area contributed by atoms with Gasteiger partial charge in [-0.1, -0.05) is 18.2 Å². The van der Waals surface area contributed by atoms with Gasteiger partial charge in [-0.05, 0) is 83.7 Å². The van der Waals surface area contributed by atoms with Gasteiger partial charge < -0.3 is 14.5 Å². The summed E-state index contributed by atoms with van der Waals surface area (Å²) in [5.41, 5.74) is 4.27. The number of amides is 1. The molecule has 1 amide bonds. The van der Waals surface area contributed by atoms with Crippen LogP contribution in [-0.4, -0.2) is 55.7 Å². The van der Waals surface area contributed by atoms with E-state index in [0.717, 1.165) is 55.6 Å². The molecular formula is C29H39N5O2. The molecule has 1 fully saturated rings. The molecule has 0 bridgehead atoms. The van der Waals surface area contributed by atoms with Crippen molar-refractivity contribution in [3.63, 3.8) is 0 Å². The van der Waals surface area contributed by atoms with Crippen LogP contribution in [0.3, 0.4) is 0 Å². The lowest BCUT2D eigenvalue weighted by molar-refractivity contribution is -0.927. The van der Waals surface area contributed by atoms with Crippen LogP contribution in [0.2, 0.25) is 0 Å². The second-order valence-electron chi connectivity index (χ2n) is 11.8. The Morgan fingerprint density at radius 1 is 1.17 bits per heavy atom. The molecule has 7 heteroatoms. The fraction of sp³-hybridized carbons (Fsp3) is 0.552. The van der Waals surface area contributed by atoms with Crippen LogP contribution in [0.25, 0.3) is 11.0 Å². The van der Waals surface area contributed by atoms with Crippen molar-refractivity contribution in [1.82, 2.24) is 19.4 Å². The summed E-state index contributed by atoms with van der Waals surface area (Å²) in [4.78, 5) is 24.6. The Morgan fingerprint density at radius 3 is 2.75 bits per heavy atom. The monoisotopic (exact) mass is 489 g/mol. The molecule has 1 aliphatic heterocycles. The maximum Gasteiger partial charge on any atom is 0.257 e. The number of piperidine rings is 1. The highest BCUT2D eigenvalue weighted by molar-refractivity contribution is 5.75. The van der Waals surface area contributed by atoms with E-state index in [-0.39, 0.29) is 16.4 Å². The lowest BCUT2D eigenvalue weighted by Gasteiger charge is -2.52. The molecule has 0 radical (unpaired) electrons. The smallest absolute Gasteiger partial charge is 0.257 e. The average Bonchev–Trinajstić information content (AvgIpc) is 3.19. The number of carbonyl (C=O) groups is 1. The van der Waals surface area contributed by atoms with Gasteiger partial charge in [0, 0.05) is 18.7 Å². The van der Waals surface area contributed by atoms with Gasteiger partial charge in [0.2, 0.25) is 0 Å². The number of hydrogen-bond donors (Lipinski definition) is 0. The maximum atomic E-state index is 12.4. The first-order valence-electron chi connectivity index (χ1n) is 13.4. The Bertz CT molecular complexity index is 1250. The molecule has 1 saturated heterocycles. The van der Waals surface area contributed by atoms with Gasteiger partial charge >= 0.3 is 0 Å². The second-order valence-corrected chi connectivity index (χ2v) is 11.8. The number of nitrogens with zero attached hydrogens (tertiary/aromatic N) is 5.